The molecule has 1 heterocycles. The van der Waals surface area contributed by atoms with Crippen LogP contribution in [0, 0.1) is 10.1 Å². The van der Waals surface area contributed by atoms with Crippen LogP contribution >= 0.6 is 0 Å². The smallest absolute Gasteiger partial charge is 0.270 e. The van der Waals surface area contributed by atoms with Gasteiger partial charge >= 0.3 is 0 Å². The molecular weight excluding hydrogens is 262 g/mol. The molecule has 8 heteroatoms. The lowest BCUT2D eigenvalue weighted by atomic mass is 10.1. The molecule has 20 heavy (non-hydrogen) atoms. The van der Waals surface area contributed by atoms with E-state index < -0.39 is 4.92 Å². The van der Waals surface area contributed by atoms with Crippen molar-refractivity contribution in [1.29, 1.82) is 0 Å². The van der Waals surface area contributed by atoms with Gasteiger partial charge in [0.15, 0.2) is 0 Å². The van der Waals surface area contributed by atoms with Crippen LogP contribution in [0.4, 0.5) is 11.4 Å². The maximum absolute atomic E-state index is 12.3. The van der Waals surface area contributed by atoms with Crippen molar-refractivity contribution >= 4 is 17.3 Å². The van der Waals surface area contributed by atoms with Crippen molar-refractivity contribution in [3.05, 3.63) is 44.3 Å². The summed E-state index contributed by atoms with van der Waals surface area (Å²) in [5.41, 5.74) is 8.42. The van der Waals surface area contributed by atoms with Gasteiger partial charge in [0.1, 0.15) is 0 Å². The van der Waals surface area contributed by atoms with Gasteiger partial charge in [0.2, 0.25) is 0 Å². The summed E-state index contributed by atoms with van der Waals surface area (Å²) >= 11 is 0. The largest absolute Gasteiger partial charge is 0.339 e. The Kier molecular flexibility index (Phi) is 4.17. The molecular formula is C12H13N5O3. The maximum atomic E-state index is 12.3. The first-order valence-electron chi connectivity index (χ1n) is 6.25. The van der Waals surface area contributed by atoms with Gasteiger partial charge < -0.3 is 4.90 Å². The number of likely N-dealkylation sites (tertiary alicyclic amines) is 1. The summed E-state index contributed by atoms with van der Waals surface area (Å²) in [5.74, 6) is -0.261. The Balaban J connectivity index is 2.36. The second-order valence-corrected chi connectivity index (χ2v) is 4.54. The fourth-order valence-electron chi connectivity index (χ4n) is 2.21. The number of hydrogen-bond acceptors (Lipinski definition) is 4. The monoisotopic (exact) mass is 275 g/mol. The quantitative estimate of drug-likeness (QED) is 0.277. The van der Waals surface area contributed by atoms with Gasteiger partial charge in [-0.1, -0.05) is 5.11 Å². The molecule has 0 unspecified atom stereocenters. The fourth-order valence-corrected chi connectivity index (χ4v) is 2.21. The van der Waals surface area contributed by atoms with Crippen LogP contribution in [0.3, 0.4) is 0 Å². The van der Waals surface area contributed by atoms with E-state index in [0.29, 0.717) is 13.1 Å². The van der Waals surface area contributed by atoms with Gasteiger partial charge in [0, 0.05) is 41.4 Å². The zero-order valence-corrected chi connectivity index (χ0v) is 10.7. The van der Waals surface area contributed by atoms with Crippen LogP contribution in [0.15, 0.2) is 23.3 Å². The first-order valence-corrected chi connectivity index (χ1v) is 6.25. The number of piperidine rings is 1. The van der Waals surface area contributed by atoms with Crippen LogP contribution < -0.4 is 0 Å². The lowest BCUT2D eigenvalue weighted by molar-refractivity contribution is -0.384. The van der Waals surface area contributed by atoms with Gasteiger partial charge in [-0.15, -0.1) is 0 Å². The molecule has 0 atom stereocenters. The molecule has 0 aromatic heterocycles. The second kappa shape index (κ2) is 6.03. The first kappa shape index (κ1) is 13.8. The number of nitrogens with zero attached hydrogens (tertiary/aromatic N) is 5. The van der Waals surface area contributed by atoms with E-state index in [1.165, 1.54) is 12.1 Å². The van der Waals surface area contributed by atoms with Crippen molar-refractivity contribution in [2.24, 2.45) is 5.11 Å². The molecule has 1 fully saturated rings. The zero-order valence-electron chi connectivity index (χ0n) is 10.7. The number of rotatable bonds is 3. The molecule has 1 aliphatic heterocycles. The molecule has 0 N–H and O–H groups in total. The van der Waals surface area contributed by atoms with E-state index in [0.717, 1.165) is 25.3 Å². The van der Waals surface area contributed by atoms with Gasteiger partial charge in [0.25, 0.3) is 11.6 Å². The molecule has 0 bridgehead atoms. The molecule has 0 aliphatic carbocycles. The second-order valence-electron chi connectivity index (χ2n) is 4.54. The summed E-state index contributed by atoms with van der Waals surface area (Å²) < 4.78 is 0. The number of non-ortho nitro benzene ring substituents is 1. The van der Waals surface area contributed by atoms with Crippen molar-refractivity contribution in [1.82, 2.24) is 4.90 Å². The predicted molar refractivity (Wildman–Crippen MR) is 71.7 cm³/mol. The van der Waals surface area contributed by atoms with Crippen LogP contribution in [0.5, 0.6) is 0 Å². The summed E-state index contributed by atoms with van der Waals surface area (Å²) in [5, 5.41) is 14.2. The summed E-state index contributed by atoms with van der Waals surface area (Å²) in [6.07, 6.45) is 2.95. The molecule has 2 rings (SSSR count). The number of carbonyl (C=O) groups is 1. The predicted octanol–water partition coefficient (Wildman–Crippen LogP) is 3.16. The van der Waals surface area contributed by atoms with Crippen molar-refractivity contribution in [2.45, 2.75) is 19.3 Å². The van der Waals surface area contributed by atoms with E-state index in [9.17, 15) is 14.9 Å². The van der Waals surface area contributed by atoms with Gasteiger partial charge in [-0.05, 0) is 30.9 Å². The number of nitro benzene ring substituents is 1. The van der Waals surface area contributed by atoms with Crippen molar-refractivity contribution in [2.75, 3.05) is 13.1 Å². The van der Waals surface area contributed by atoms with Gasteiger partial charge in [-0.25, -0.2) is 0 Å². The Bertz CT molecular complexity index is 569. The summed E-state index contributed by atoms with van der Waals surface area (Å²) in [6, 6.07) is 3.74. The highest BCUT2D eigenvalue weighted by Gasteiger charge is 2.21. The van der Waals surface area contributed by atoms with Gasteiger partial charge in [-0.3, -0.25) is 14.9 Å². The zero-order chi connectivity index (χ0) is 14.5. The molecule has 8 nitrogen and oxygen atoms in total. The fraction of sp³-hybridized carbons (Fsp3) is 0.417. The Hall–Kier alpha value is -2.60. The lowest BCUT2D eigenvalue weighted by Gasteiger charge is -2.26. The van der Waals surface area contributed by atoms with Crippen molar-refractivity contribution < 1.29 is 9.72 Å². The third-order valence-electron chi connectivity index (χ3n) is 3.16. The van der Waals surface area contributed by atoms with Crippen LogP contribution in [-0.2, 0) is 0 Å². The van der Waals surface area contributed by atoms with E-state index in [-0.39, 0.29) is 22.8 Å². The summed E-state index contributed by atoms with van der Waals surface area (Å²) in [7, 11) is 0. The third kappa shape index (κ3) is 3.04. The number of nitro groups is 1. The molecule has 0 radical (unpaired) electrons. The van der Waals surface area contributed by atoms with E-state index in [1.54, 1.807) is 4.90 Å². The minimum absolute atomic E-state index is 0.0714. The van der Waals surface area contributed by atoms with Gasteiger partial charge in [-0.2, -0.15) is 0 Å². The molecule has 1 aromatic carbocycles. The Morgan fingerprint density at radius 3 is 2.60 bits per heavy atom. The molecule has 0 saturated carbocycles. The Morgan fingerprint density at radius 1 is 1.30 bits per heavy atom. The minimum Gasteiger partial charge on any atom is -0.339 e. The molecule has 1 aromatic rings. The average molecular weight is 275 g/mol. The highest BCUT2D eigenvalue weighted by atomic mass is 16.6. The average Bonchev–Trinajstić information content (AvgIpc) is 2.47. The van der Waals surface area contributed by atoms with Crippen molar-refractivity contribution in [3.63, 3.8) is 0 Å². The van der Waals surface area contributed by atoms with Gasteiger partial charge in [0.05, 0.1) is 4.92 Å². The minimum atomic E-state index is -0.608. The Morgan fingerprint density at radius 2 is 2.00 bits per heavy atom. The number of azide groups is 1. The highest BCUT2D eigenvalue weighted by Crippen LogP contribution is 2.25. The highest BCUT2D eigenvalue weighted by molar-refractivity contribution is 5.95. The molecule has 1 aliphatic rings. The lowest BCUT2D eigenvalue weighted by Crippen LogP contribution is -2.35. The molecule has 1 amide bonds. The van der Waals surface area contributed by atoms with Crippen LogP contribution in [0.25, 0.3) is 10.4 Å². The topological polar surface area (TPSA) is 112 Å². The van der Waals surface area contributed by atoms with E-state index >= 15 is 0 Å². The standard InChI is InChI=1S/C12H13N5O3/c13-15-14-10-6-9(7-11(8-10)17(19)20)12(18)16-4-2-1-3-5-16/h6-8H,1-5H2. The molecule has 1 saturated heterocycles. The SMILES string of the molecule is [N-]=[N+]=Nc1cc(C(=O)N2CCCCC2)cc([N+](=O)[O-])c1. The van der Waals surface area contributed by atoms with Crippen LogP contribution in [0.2, 0.25) is 0 Å². The van der Waals surface area contributed by atoms with E-state index in [4.69, 9.17) is 5.53 Å². The van der Waals surface area contributed by atoms with Crippen molar-refractivity contribution in [3.8, 4) is 0 Å². The molecule has 0 spiro atoms. The van der Waals surface area contributed by atoms with E-state index in [1.807, 2.05) is 0 Å². The summed E-state index contributed by atoms with van der Waals surface area (Å²) in [4.78, 5) is 26.8. The number of amides is 1. The maximum Gasteiger partial charge on any atom is 0.270 e. The summed E-state index contributed by atoms with van der Waals surface area (Å²) in [6.45, 7) is 1.30. The number of carbonyl (C=O) groups excluding carboxylic acids is 1. The van der Waals surface area contributed by atoms with E-state index in [2.05, 4.69) is 10.0 Å². The first-order chi connectivity index (χ1) is 9.61. The third-order valence-corrected chi connectivity index (χ3v) is 3.16. The number of benzene rings is 1. The Labute approximate surface area is 114 Å². The normalized spacial score (nSPS) is 14.5. The van der Waals surface area contributed by atoms with Crippen LogP contribution in [0.1, 0.15) is 29.6 Å². The molecule has 104 valence electrons. The number of hydrogen-bond donors (Lipinski definition) is 0. The van der Waals surface area contributed by atoms with Crippen LogP contribution in [-0.4, -0.2) is 28.8 Å².